The standard InChI is InChI=1S/C30H36B2FNO4.C30H20Br4N2.C15H21Br/c1-27(2)28(3,4)36-31(35-27)21-9-15-24(16-10-21)34(26-19-13-23(33)14-20-26)25-17-11-22(12-18-25)32-37-29(5,6)30(7,8)38-32;31-21-1-9-25(10-2-21)35(26-11-3-22(32)4-12-26)29-17-19-30(20-18-29)36(27-13-5-23(33)6-14-27)28-15-7-24(34)8-16-28;1-2-3-4-5-6-7-8-9-14-10-12-15(16)13-11-14/h9-20H,1-8H3;1-20H;2,10-13H,1,3-9H2. The second-order valence-electron chi connectivity index (χ2n) is 24.5. The molecule has 90 heavy (non-hydrogen) atoms. The molecule has 2 saturated heterocycles. The molecular weight excluding hydrogens is 1450 g/mol. The van der Waals surface area contributed by atoms with Gasteiger partial charge in [0.2, 0.25) is 0 Å². The summed E-state index contributed by atoms with van der Waals surface area (Å²) in [6.07, 6.45) is 11.1. The summed E-state index contributed by atoms with van der Waals surface area (Å²) in [6.45, 7) is 20.1. The van der Waals surface area contributed by atoms with Crippen molar-refractivity contribution in [3.05, 3.63) is 265 Å². The highest BCUT2D eigenvalue weighted by atomic mass is 79.9. The number of rotatable bonds is 19. The monoisotopic (exact) mass is 1520 g/mol. The fraction of sp³-hybridized carbons (Fsp3) is 0.253. The molecule has 9 aromatic rings. The number of halogens is 6. The lowest BCUT2D eigenvalue weighted by Gasteiger charge is -2.32. The van der Waals surface area contributed by atoms with E-state index in [0.717, 1.165) is 80.0 Å². The Hall–Kier alpha value is -5.58. The lowest BCUT2D eigenvalue weighted by atomic mass is 9.79. The summed E-state index contributed by atoms with van der Waals surface area (Å²) < 4.78 is 44.1. The zero-order valence-electron chi connectivity index (χ0n) is 52.4. The molecule has 9 aromatic carbocycles. The number of hydrogen-bond donors (Lipinski definition) is 0. The Morgan fingerprint density at radius 1 is 0.333 bits per heavy atom. The molecule has 0 bridgehead atoms. The van der Waals surface area contributed by atoms with E-state index in [1.807, 2.05) is 110 Å². The van der Waals surface area contributed by atoms with E-state index in [1.54, 1.807) is 12.1 Å². The Labute approximate surface area is 576 Å². The average molecular weight is 1520 g/mol. The van der Waals surface area contributed by atoms with Gasteiger partial charge in [0, 0.05) is 73.6 Å². The maximum atomic E-state index is 13.8. The number of unbranched alkanes of at least 4 members (excludes halogenated alkanes) is 5. The molecule has 2 fully saturated rings. The van der Waals surface area contributed by atoms with Gasteiger partial charge in [0.15, 0.2) is 0 Å². The van der Waals surface area contributed by atoms with Crippen molar-refractivity contribution in [2.75, 3.05) is 14.7 Å². The van der Waals surface area contributed by atoms with E-state index in [-0.39, 0.29) is 5.82 Å². The van der Waals surface area contributed by atoms with Crippen LogP contribution in [-0.2, 0) is 25.0 Å². The minimum absolute atomic E-state index is 0.277. The van der Waals surface area contributed by atoms with Crippen LogP contribution in [0.15, 0.2) is 253 Å². The van der Waals surface area contributed by atoms with Gasteiger partial charge in [-0.05, 0) is 280 Å². The molecule has 2 aliphatic heterocycles. The molecular formula is C75H77B2Br5FN3O4. The van der Waals surface area contributed by atoms with Crippen molar-refractivity contribution in [3.63, 3.8) is 0 Å². The third kappa shape index (κ3) is 17.8. The van der Waals surface area contributed by atoms with Crippen LogP contribution >= 0.6 is 79.6 Å². The van der Waals surface area contributed by atoms with Crippen molar-refractivity contribution in [1.29, 1.82) is 0 Å². The molecule has 0 atom stereocenters. The van der Waals surface area contributed by atoms with Gasteiger partial charge in [-0.1, -0.05) is 141 Å². The van der Waals surface area contributed by atoms with Crippen LogP contribution in [0.1, 0.15) is 99.5 Å². The van der Waals surface area contributed by atoms with Crippen molar-refractivity contribution in [3.8, 4) is 0 Å². The molecule has 0 saturated carbocycles. The van der Waals surface area contributed by atoms with Gasteiger partial charge in [-0.3, -0.25) is 0 Å². The highest BCUT2D eigenvalue weighted by Gasteiger charge is 2.53. The van der Waals surface area contributed by atoms with Gasteiger partial charge in [-0.15, -0.1) is 6.58 Å². The molecule has 2 heterocycles. The zero-order chi connectivity index (χ0) is 64.2. The Bertz CT molecular complexity index is 3420. The van der Waals surface area contributed by atoms with E-state index in [0.29, 0.717) is 0 Å². The number of hydrogen-bond acceptors (Lipinski definition) is 7. The van der Waals surface area contributed by atoms with E-state index in [4.69, 9.17) is 18.6 Å². The number of anilines is 9. The first kappa shape index (κ1) is 68.8. The summed E-state index contributed by atoms with van der Waals surface area (Å²) in [5, 5.41) is 0. The first-order valence-electron chi connectivity index (χ1n) is 30.5. The van der Waals surface area contributed by atoms with Crippen molar-refractivity contribution >= 4 is 156 Å². The van der Waals surface area contributed by atoms with E-state index in [9.17, 15) is 4.39 Å². The molecule has 464 valence electrons. The highest BCUT2D eigenvalue weighted by molar-refractivity contribution is 9.11. The fourth-order valence-corrected chi connectivity index (χ4v) is 11.7. The van der Waals surface area contributed by atoms with Crippen LogP contribution in [0.5, 0.6) is 0 Å². The Morgan fingerprint density at radius 3 is 0.833 bits per heavy atom. The Morgan fingerprint density at radius 2 is 0.556 bits per heavy atom. The molecule has 15 heteroatoms. The molecule has 0 N–H and O–H groups in total. The van der Waals surface area contributed by atoms with Gasteiger partial charge in [-0.2, -0.15) is 0 Å². The quantitative estimate of drug-likeness (QED) is 0.0454. The third-order valence-electron chi connectivity index (χ3n) is 16.9. The van der Waals surface area contributed by atoms with Crippen molar-refractivity contribution in [1.82, 2.24) is 0 Å². The molecule has 0 unspecified atom stereocenters. The second kappa shape index (κ2) is 30.9. The summed E-state index contributed by atoms with van der Waals surface area (Å²) in [6, 6.07) is 73.6. The number of aryl methyl sites for hydroxylation is 1. The van der Waals surface area contributed by atoms with Gasteiger partial charge < -0.3 is 33.3 Å². The van der Waals surface area contributed by atoms with Gasteiger partial charge in [-0.25, -0.2) is 4.39 Å². The van der Waals surface area contributed by atoms with Crippen LogP contribution in [0.3, 0.4) is 0 Å². The molecule has 0 radical (unpaired) electrons. The fourth-order valence-electron chi connectivity index (χ4n) is 10.4. The summed E-state index contributed by atoms with van der Waals surface area (Å²) in [7, 11) is -0.875. The summed E-state index contributed by atoms with van der Waals surface area (Å²) in [4.78, 5) is 6.60. The Balaban J connectivity index is 0.000000173. The van der Waals surface area contributed by atoms with Crippen LogP contribution in [-0.4, -0.2) is 36.6 Å². The zero-order valence-corrected chi connectivity index (χ0v) is 60.3. The van der Waals surface area contributed by atoms with Crippen LogP contribution in [0, 0.1) is 5.82 Å². The van der Waals surface area contributed by atoms with E-state index in [2.05, 4.69) is 247 Å². The van der Waals surface area contributed by atoms with Crippen LogP contribution < -0.4 is 25.6 Å². The Kier molecular flexibility index (Phi) is 23.6. The lowest BCUT2D eigenvalue weighted by molar-refractivity contribution is 0.00578. The smallest absolute Gasteiger partial charge is 0.399 e. The molecule has 7 nitrogen and oxygen atoms in total. The first-order chi connectivity index (χ1) is 43.0. The maximum absolute atomic E-state index is 13.8. The van der Waals surface area contributed by atoms with Gasteiger partial charge in [0.25, 0.3) is 0 Å². The largest absolute Gasteiger partial charge is 0.494 e. The van der Waals surface area contributed by atoms with Crippen molar-refractivity contribution < 1.29 is 23.0 Å². The number of nitrogens with zero attached hydrogens (tertiary/aromatic N) is 3. The van der Waals surface area contributed by atoms with Crippen molar-refractivity contribution in [2.24, 2.45) is 0 Å². The predicted octanol–water partition coefficient (Wildman–Crippen LogP) is 23.1. The summed E-state index contributed by atoms with van der Waals surface area (Å²) >= 11 is 17.7. The predicted molar refractivity (Wildman–Crippen MR) is 395 cm³/mol. The third-order valence-corrected chi connectivity index (χ3v) is 19.6. The van der Waals surface area contributed by atoms with Crippen LogP contribution in [0.25, 0.3) is 0 Å². The molecule has 2 aliphatic rings. The minimum Gasteiger partial charge on any atom is -0.399 e. The normalized spacial score (nSPS) is 15.0. The average Bonchev–Trinajstić information content (AvgIpc) is 1.31. The first-order valence-corrected chi connectivity index (χ1v) is 34.5. The second-order valence-corrected chi connectivity index (χ2v) is 29.1. The van der Waals surface area contributed by atoms with Gasteiger partial charge in [0.05, 0.1) is 22.4 Å². The maximum Gasteiger partial charge on any atom is 0.494 e. The molecule has 11 rings (SSSR count). The molecule has 0 amide bonds. The number of benzene rings is 9. The van der Waals surface area contributed by atoms with Gasteiger partial charge >= 0.3 is 14.2 Å². The SMILES string of the molecule is Brc1ccc(N(c2ccc(Br)cc2)c2ccc(N(c3ccc(Br)cc3)c3ccc(Br)cc3)cc2)cc1.C=CCCCCCCCc1ccc(Br)cc1.CC1(C)OB(c2ccc(N(c3ccc(F)cc3)c3ccc(B4OC(C)(C)C(C)(C)O4)cc3)cc2)OC1(C)C. The van der Waals surface area contributed by atoms with E-state index < -0.39 is 36.6 Å². The lowest BCUT2D eigenvalue weighted by Crippen LogP contribution is -2.41. The van der Waals surface area contributed by atoms with Gasteiger partial charge in [0.1, 0.15) is 5.82 Å². The molecule has 0 spiro atoms. The van der Waals surface area contributed by atoms with E-state index in [1.165, 1.54) is 67.1 Å². The van der Waals surface area contributed by atoms with E-state index >= 15 is 0 Å². The van der Waals surface area contributed by atoms with Crippen molar-refractivity contribution in [2.45, 2.75) is 123 Å². The topological polar surface area (TPSA) is 46.6 Å². The number of allylic oxidation sites excluding steroid dienone is 1. The van der Waals surface area contributed by atoms with Crippen LogP contribution in [0.2, 0.25) is 0 Å². The highest BCUT2D eigenvalue weighted by Crippen LogP contribution is 2.42. The molecule has 0 aromatic heterocycles. The van der Waals surface area contributed by atoms with Crippen LogP contribution in [0.4, 0.5) is 55.6 Å². The summed E-state index contributed by atoms with van der Waals surface area (Å²) in [5.74, 6) is -0.277. The minimum atomic E-state index is -0.437. The summed E-state index contributed by atoms with van der Waals surface area (Å²) in [5.41, 5.74) is 10.9. The molecule has 0 aliphatic carbocycles.